The molecule has 0 spiro atoms. The Balaban J connectivity index is 2.61. The highest BCUT2D eigenvalue weighted by atomic mass is 35.5. The van der Waals surface area contributed by atoms with Crippen molar-refractivity contribution in [2.24, 2.45) is 0 Å². The van der Waals surface area contributed by atoms with Crippen LogP contribution in [0.3, 0.4) is 0 Å². The lowest BCUT2D eigenvalue weighted by molar-refractivity contribution is 0.188. The first-order valence-electron chi connectivity index (χ1n) is 7.05. The maximum absolute atomic E-state index is 12.1. The monoisotopic (exact) mass is 346 g/mol. The Morgan fingerprint density at radius 2 is 1.82 bits per heavy atom. The number of halogens is 1. The molecule has 0 fully saturated rings. The number of hydrogen-bond acceptors (Lipinski definition) is 3. The summed E-state index contributed by atoms with van der Waals surface area (Å²) in [6.07, 6.45) is 1.15. The summed E-state index contributed by atoms with van der Waals surface area (Å²) in [6.45, 7) is 4.10. The number of urea groups is 1. The summed E-state index contributed by atoms with van der Waals surface area (Å²) in [6, 6.07) is 7.22. The Hall–Kier alpha value is -1.27. The molecule has 2 atom stereocenters. The van der Waals surface area contributed by atoms with E-state index in [4.69, 9.17) is 11.6 Å². The molecule has 0 unspecified atom stereocenters. The van der Waals surface area contributed by atoms with Crippen molar-refractivity contribution in [3.05, 3.63) is 34.9 Å². The van der Waals surface area contributed by atoms with Crippen molar-refractivity contribution in [1.82, 2.24) is 10.2 Å². The largest absolute Gasteiger partial charge is 0.337 e. The van der Waals surface area contributed by atoms with E-state index in [9.17, 15) is 13.2 Å². The number of sulfone groups is 1. The molecule has 0 bridgehead atoms. The van der Waals surface area contributed by atoms with Gasteiger partial charge in [0.05, 0.1) is 5.75 Å². The van der Waals surface area contributed by atoms with Crippen LogP contribution in [0.15, 0.2) is 24.3 Å². The highest BCUT2D eigenvalue weighted by Crippen LogP contribution is 2.23. The molecule has 124 valence electrons. The number of carbonyl (C=O) groups excluding carboxylic acids is 1. The summed E-state index contributed by atoms with van der Waals surface area (Å²) in [4.78, 5) is 13.6. The minimum absolute atomic E-state index is 0.0422. The average molecular weight is 347 g/mol. The van der Waals surface area contributed by atoms with E-state index >= 15 is 0 Å². The van der Waals surface area contributed by atoms with Crippen LogP contribution in [0.2, 0.25) is 5.02 Å². The average Bonchev–Trinajstić information content (AvgIpc) is 2.44. The van der Waals surface area contributed by atoms with E-state index in [1.165, 1.54) is 0 Å². The van der Waals surface area contributed by atoms with E-state index in [0.717, 1.165) is 11.8 Å². The number of nitrogens with zero attached hydrogens (tertiary/aromatic N) is 1. The fourth-order valence-electron chi connectivity index (χ4n) is 2.03. The Labute approximate surface area is 137 Å². The van der Waals surface area contributed by atoms with Crippen molar-refractivity contribution in [3.63, 3.8) is 0 Å². The van der Waals surface area contributed by atoms with E-state index in [2.05, 4.69) is 5.32 Å². The Morgan fingerprint density at radius 3 is 2.32 bits per heavy atom. The van der Waals surface area contributed by atoms with Crippen molar-refractivity contribution >= 4 is 27.5 Å². The van der Waals surface area contributed by atoms with E-state index in [0.29, 0.717) is 5.02 Å². The molecule has 2 amide bonds. The number of amides is 2. The molecule has 1 rings (SSSR count). The molecule has 22 heavy (non-hydrogen) atoms. The third kappa shape index (κ3) is 5.85. The minimum Gasteiger partial charge on any atom is -0.337 e. The van der Waals surface area contributed by atoms with E-state index in [1.807, 2.05) is 38.1 Å². The van der Waals surface area contributed by atoms with Crippen molar-refractivity contribution in [1.29, 1.82) is 0 Å². The molecule has 5 nitrogen and oxygen atoms in total. The fraction of sp³-hybridized carbons (Fsp3) is 0.533. The Bertz CT molecular complexity index is 602. The lowest BCUT2D eigenvalue weighted by Gasteiger charge is -2.30. The molecule has 1 N–H and O–H groups in total. The van der Waals surface area contributed by atoms with Crippen LogP contribution >= 0.6 is 11.6 Å². The fourth-order valence-corrected chi connectivity index (χ4v) is 2.63. The molecule has 1 aromatic carbocycles. The Morgan fingerprint density at radius 1 is 1.27 bits per heavy atom. The van der Waals surface area contributed by atoms with Crippen LogP contribution < -0.4 is 5.32 Å². The van der Waals surface area contributed by atoms with Gasteiger partial charge in [0.15, 0.2) is 0 Å². The predicted molar refractivity (Wildman–Crippen MR) is 90.2 cm³/mol. The highest BCUT2D eigenvalue weighted by molar-refractivity contribution is 7.90. The van der Waals surface area contributed by atoms with Gasteiger partial charge in [0.2, 0.25) is 0 Å². The standard InChI is InChI=1S/C15H23ClN2O3S/c1-11(13-5-7-14(16)8-6-13)12(2)18(3)15(19)17-9-10-22(4,20)21/h5-8,11-12H,9-10H2,1-4H3,(H,17,19)/t11-,12-/m0/s1. The van der Waals surface area contributed by atoms with Gasteiger partial charge in [0, 0.05) is 36.8 Å². The van der Waals surface area contributed by atoms with Gasteiger partial charge in [-0.2, -0.15) is 0 Å². The molecule has 0 aliphatic carbocycles. The first-order valence-corrected chi connectivity index (χ1v) is 9.49. The number of hydrogen-bond donors (Lipinski definition) is 1. The molecule has 0 aliphatic heterocycles. The second-order valence-corrected chi connectivity index (χ2v) is 8.25. The molecule has 0 aromatic heterocycles. The number of carbonyl (C=O) groups is 1. The topological polar surface area (TPSA) is 66.5 Å². The molecular weight excluding hydrogens is 324 g/mol. The minimum atomic E-state index is -3.07. The number of likely N-dealkylation sites (N-methyl/N-ethyl adjacent to an activating group) is 1. The van der Waals surface area contributed by atoms with E-state index < -0.39 is 9.84 Å². The first kappa shape index (κ1) is 18.8. The van der Waals surface area contributed by atoms with Crippen molar-refractivity contribution in [2.75, 3.05) is 25.6 Å². The third-order valence-electron chi connectivity index (χ3n) is 3.80. The maximum Gasteiger partial charge on any atom is 0.317 e. The first-order chi connectivity index (χ1) is 10.1. The molecule has 0 aliphatic rings. The van der Waals surface area contributed by atoms with Gasteiger partial charge in [-0.1, -0.05) is 30.7 Å². The second-order valence-electron chi connectivity index (χ2n) is 5.55. The highest BCUT2D eigenvalue weighted by Gasteiger charge is 2.22. The van der Waals surface area contributed by atoms with Gasteiger partial charge in [0.1, 0.15) is 9.84 Å². The summed E-state index contributed by atoms with van der Waals surface area (Å²) < 4.78 is 22.1. The van der Waals surface area contributed by atoms with E-state index in [-0.39, 0.29) is 30.3 Å². The van der Waals surface area contributed by atoms with Crippen LogP contribution in [-0.4, -0.2) is 51.0 Å². The maximum atomic E-state index is 12.1. The molecule has 0 saturated carbocycles. The molecule has 7 heteroatoms. The summed E-state index contributed by atoms with van der Waals surface area (Å²) in [7, 11) is -1.37. The number of nitrogens with one attached hydrogen (secondary N) is 1. The van der Waals surface area contributed by atoms with Crippen LogP contribution in [0.5, 0.6) is 0 Å². The summed E-state index contributed by atoms with van der Waals surface area (Å²) in [5.41, 5.74) is 1.09. The van der Waals surface area contributed by atoms with Gasteiger partial charge in [0.25, 0.3) is 0 Å². The lowest BCUT2D eigenvalue weighted by Crippen LogP contribution is -2.45. The molecule has 0 heterocycles. The van der Waals surface area contributed by atoms with Crippen LogP contribution in [0.25, 0.3) is 0 Å². The summed E-state index contributed by atoms with van der Waals surface area (Å²) >= 11 is 5.88. The van der Waals surface area contributed by atoms with E-state index in [1.54, 1.807) is 11.9 Å². The van der Waals surface area contributed by atoms with Gasteiger partial charge < -0.3 is 10.2 Å². The third-order valence-corrected chi connectivity index (χ3v) is 5.00. The normalized spacial score (nSPS) is 14.2. The van der Waals surface area contributed by atoms with Gasteiger partial charge in [-0.15, -0.1) is 0 Å². The SMILES string of the molecule is C[C@H](c1ccc(Cl)cc1)[C@H](C)N(C)C(=O)NCCS(C)(=O)=O. The second kappa shape index (κ2) is 7.83. The molecule has 0 radical (unpaired) electrons. The predicted octanol–water partition coefficient (Wildman–Crippen LogP) is 2.52. The van der Waals surface area contributed by atoms with Gasteiger partial charge in [-0.05, 0) is 24.6 Å². The van der Waals surface area contributed by atoms with Crippen LogP contribution in [0, 0.1) is 0 Å². The van der Waals surface area contributed by atoms with Crippen molar-refractivity contribution in [3.8, 4) is 0 Å². The zero-order chi connectivity index (χ0) is 16.9. The van der Waals surface area contributed by atoms with Crippen LogP contribution in [0.1, 0.15) is 25.3 Å². The quantitative estimate of drug-likeness (QED) is 0.860. The van der Waals surface area contributed by atoms with Crippen LogP contribution in [-0.2, 0) is 9.84 Å². The smallest absolute Gasteiger partial charge is 0.317 e. The van der Waals surface area contributed by atoms with Gasteiger partial charge >= 0.3 is 6.03 Å². The van der Waals surface area contributed by atoms with Crippen LogP contribution in [0.4, 0.5) is 4.79 Å². The number of rotatable bonds is 6. The Kier molecular flexibility index (Phi) is 6.68. The number of benzene rings is 1. The lowest BCUT2D eigenvalue weighted by atomic mass is 9.94. The van der Waals surface area contributed by atoms with Crippen molar-refractivity contribution < 1.29 is 13.2 Å². The molecular formula is C15H23ClN2O3S. The van der Waals surface area contributed by atoms with Gasteiger partial charge in [-0.3, -0.25) is 0 Å². The molecule has 0 saturated heterocycles. The summed E-state index contributed by atoms with van der Waals surface area (Å²) in [5, 5.41) is 3.30. The zero-order valence-corrected chi connectivity index (χ0v) is 14.9. The van der Waals surface area contributed by atoms with Crippen molar-refractivity contribution in [2.45, 2.75) is 25.8 Å². The summed E-state index contributed by atoms with van der Waals surface area (Å²) in [5.74, 6) is 0.0659. The van der Waals surface area contributed by atoms with Gasteiger partial charge in [-0.25, -0.2) is 13.2 Å². The molecule has 1 aromatic rings. The zero-order valence-electron chi connectivity index (χ0n) is 13.3.